The van der Waals surface area contributed by atoms with Crippen LogP contribution in [0.3, 0.4) is 0 Å². The normalized spacial score (nSPS) is 22.0. The predicted octanol–water partition coefficient (Wildman–Crippen LogP) is 5.81. The Balaban J connectivity index is 1.36. The summed E-state index contributed by atoms with van der Waals surface area (Å²) < 4.78 is 11.9. The fourth-order valence-corrected chi connectivity index (χ4v) is 4.28. The number of nitrogens with zero attached hydrogens (tertiary/aromatic N) is 1. The monoisotopic (exact) mass is 385 g/mol. The number of ether oxygens (including phenoxy) is 2. The summed E-state index contributed by atoms with van der Waals surface area (Å²) in [7, 11) is 0. The molecular formula is C25H23NO3. The van der Waals surface area contributed by atoms with Gasteiger partial charge in [0.2, 0.25) is 0 Å². The summed E-state index contributed by atoms with van der Waals surface area (Å²) in [4.78, 5) is 14.7. The number of hydrogen-bond donors (Lipinski definition) is 0. The predicted molar refractivity (Wildman–Crippen MR) is 112 cm³/mol. The molecule has 4 heteroatoms. The number of benzene rings is 3. The third kappa shape index (κ3) is 3.40. The molecule has 1 aliphatic heterocycles. The Morgan fingerprint density at radius 1 is 0.931 bits per heavy atom. The zero-order chi connectivity index (χ0) is 19.7. The van der Waals surface area contributed by atoms with E-state index in [2.05, 4.69) is 24.3 Å². The van der Waals surface area contributed by atoms with Crippen LogP contribution in [0.2, 0.25) is 0 Å². The van der Waals surface area contributed by atoms with Crippen molar-refractivity contribution in [3.05, 3.63) is 96.1 Å². The molecule has 0 saturated carbocycles. The molecule has 1 amide bonds. The van der Waals surface area contributed by atoms with Gasteiger partial charge >= 0.3 is 6.09 Å². The van der Waals surface area contributed by atoms with E-state index in [0.717, 1.165) is 30.6 Å². The van der Waals surface area contributed by atoms with Gasteiger partial charge in [0.15, 0.2) is 0 Å². The van der Waals surface area contributed by atoms with Gasteiger partial charge in [-0.15, -0.1) is 0 Å². The SMILES string of the molecule is O=C(OCC12CCCc3ccccc3C1O2)N(c1ccccc1)c1ccccc1. The zero-order valence-corrected chi connectivity index (χ0v) is 16.2. The van der Waals surface area contributed by atoms with Crippen molar-refractivity contribution in [2.75, 3.05) is 11.5 Å². The minimum absolute atomic E-state index is 0.0240. The number of amides is 1. The summed E-state index contributed by atoms with van der Waals surface area (Å²) in [5.41, 5.74) is 3.75. The lowest BCUT2D eigenvalue weighted by atomic mass is 9.97. The first-order chi connectivity index (χ1) is 14.3. The van der Waals surface area contributed by atoms with Crippen LogP contribution in [0, 0.1) is 0 Å². The molecule has 1 heterocycles. The molecule has 0 spiro atoms. The third-order valence-corrected chi connectivity index (χ3v) is 5.81. The van der Waals surface area contributed by atoms with E-state index in [4.69, 9.17) is 9.47 Å². The smallest absolute Gasteiger partial charge is 0.419 e. The number of rotatable bonds is 4. The largest absolute Gasteiger partial charge is 0.446 e. The van der Waals surface area contributed by atoms with Gasteiger partial charge in [-0.2, -0.15) is 0 Å². The number of para-hydroxylation sites is 2. The average molecular weight is 385 g/mol. The number of epoxide rings is 1. The van der Waals surface area contributed by atoms with Gasteiger partial charge in [0.05, 0.1) is 11.4 Å². The van der Waals surface area contributed by atoms with Gasteiger partial charge in [0, 0.05) is 0 Å². The number of hydrogen-bond acceptors (Lipinski definition) is 3. The van der Waals surface area contributed by atoms with Crippen LogP contribution >= 0.6 is 0 Å². The molecule has 0 radical (unpaired) electrons. The average Bonchev–Trinajstić information content (AvgIpc) is 3.50. The number of fused-ring (bicyclic) bond motifs is 3. The van der Waals surface area contributed by atoms with Crippen molar-refractivity contribution in [2.45, 2.75) is 31.0 Å². The standard InChI is InChI=1S/C25H23NO3/c27-24(26(20-12-3-1-4-13-20)21-14-5-2-6-15-21)28-18-25-17-9-11-19-10-7-8-16-22(19)23(25)29-25/h1-8,10,12-16,23H,9,11,17-18H2. The van der Waals surface area contributed by atoms with Crippen molar-refractivity contribution in [1.82, 2.24) is 0 Å². The van der Waals surface area contributed by atoms with Crippen molar-refractivity contribution < 1.29 is 14.3 Å². The van der Waals surface area contributed by atoms with E-state index < -0.39 is 0 Å². The van der Waals surface area contributed by atoms with Crippen LogP contribution in [-0.4, -0.2) is 18.3 Å². The maximum absolute atomic E-state index is 13.1. The summed E-state index contributed by atoms with van der Waals surface area (Å²) in [6, 6.07) is 27.6. The van der Waals surface area contributed by atoms with E-state index in [1.54, 1.807) is 4.90 Å². The Morgan fingerprint density at radius 2 is 1.55 bits per heavy atom. The molecule has 1 aliphatic carbocycles. The molecule has 3 aromatic rings. The minimum atomic E-state index is -0.388. The lowest BCUT2D eigenvalue weighted by Crippen LogP contribution is -2.31. The van der Waals surface area contributed by atoms with Gasteiger partial charge in [0.25, 0.3) is 0 Å². The summed E-state index contributed by atoms with van der Waals surface area (Å²) >= 11 is 0. The Kier molecular flexibility index (Phi) is 4.57. The number of anilines is 2. The highest BCUT2D eigenvalue weighted by atomic mass is 16.6. The quantitative estimate of drug-likeness (QED) is 0.532. The molecule has 2 unspecified atom stereocenters. The van der Waals surface area contributed by atoms with E-state index in [0.29, 0.717) is 0 Å². The number of aryl methyl sites for hydroxylation is 1. The van der Waals surface area contributed by atoms with Gasteiger partial charge in [-0.1, -0.05) is 60.7 Å². The molecular weight excluding hydrogens is 362 g/mol. The Morgan fingerprint density at radius 3 is 2.24 bits per heavy atom. The lowest BCUT2D eigenvalue weighted by Gasteiger charge is -2.23. The number of carbonyl (C=O) groups is 1. The van der Waals surface area contributed by atoms with Crippen LogP contribution in [0.5, 0.6) is 0 Å². The van der Waals surface area contributed by atoms with Crippen LogP contribution < -0.4 is 4.90 Å². The molecule has 2 aliphatic rings. The fraction of sp³-hybridized carbons (Fsp3) is 0.240. The van der Waals surface area contributed by atoms with E-state index >= 15 is 0 Å². The van der Waals surface area contributed by atoms with Gasteiger partial charge in [-0.05, 0) is 54.7 Å². The maximum Gasteiger partial charge on any atom is 0.419 e. The number of carbonyl (C=O) groups excluding carboxylic acids is 1. The molecule has 1 saturated heterocycles. The van der Waals surface area contributed by atoms with Crippen LogP contribution in [0.1, 0.15) is 30.1 Å². The van der Waals surface area contributed by atoms with Crippen molar-refractivity contribution in [3.8, 4) is 0 Å². The van der Waals surface area contributed by atoms with E-state index in [9.17, 15) is 4.79 Å². The molecule has 3 aromatic carbocycles. The summed E-state index contributed by atoms with van der Waals surface area (Å²) in [5.74, 6) is 0. The minimum Gasteiger partial charge on any atom is -0.446 e. The molecule has 29 heavy (non-hydrogen) atoms. The van der Waals surface area contributed by atoms with Crippen molar-refractivity contribution in [3.63, 3.8) is 0 Å². The third-order valence-electron chi connectivity index (χ3n) is 5.81. The van der Waals surface area contributed by atoms with Crippen LogP contribution in [0.15, 0.2) is 84.9 Å². The molecule has 1 fully saturated rings. The topological polar surface area (TPSA) is 42.1 Å². The second kappa shape index (κ2) is 7.37. The van der Waals surface area contributed by atoms with Crippen molar-refractivity contribution in [1.29, 1.82) is 0 Å². The van der Waals surface area contributed by atoms with Gasteiger partial charge in [0.1, 0.15) is 18.3 Å². The second-order valence-corrected chi connectivity index (χ2v) is 7.68. The fourth-order valence-electron chi connectivity index (χ4n) is 4.28. The Hall–Kier alpha value is -3.11. The first-order valence-corrected chi connectivity index (χ1v) is 10.1. The van der Waals surface area contributed by atoms with Crippen LogP contribution in [0.4, 0.5) is 16.2 Å². The summed E-state index contributed by atoms with van der Waals surface area (Å²) in [6.07, 6.45) is 2.62. The van der Waals surface area contributed by atoms with E-state index in [-0.39, 0.29) is 24.4 Å². The zero-order valence-electron chi connectivity index (χ0n) is 16.2. The van der Waals surface area contributed by atoms with Crippen LogP contribution in [0.25, 0.3) is 0 Å². The lowest BCUT2D eigenvalue weighted by molar-refractivity contribution is 0.113. The van der Waals surface area contributed by atoms with E-state index in [1.165, 1.54) is 11.1 Å². The highest BCUT2D eigenvalue weighted by Crippen LogP contribution is 2.55. The van der Waals surface area contributed by atoms with Crippen LogP contribution in [-0.2, 0) is 15.9 Å². The van der Waals surface area contributed by atoms with Crippen molar-refractivity contribution in [2.24, 2.45) is 0 Å². The molecule has 2 atom stereocenters. The van der Waals surface area contributed by atoms with Gasteiger partial charge in [-0.3, -0.25) is 0 Å². The Labute approximate surface area is 170 Å². The molecule has 4 nitrogen and oxygen atoms in total. The molecule has 146 valence electrons. The highest BCUT2D eigenvalue weighted by Gasteiger charge is 2.59. The molecule has 0 aromatic heterocycles. The second-order valence-electron chi connectivity index (χ2n) is 7.68. The van der Waals surface area contributed by atoms with Crippen molar-refractivity contribution >= 4 is 17.5 Å². The first kappa shape index (κ1) is 18.0. The Bertz CT molecular complexity index is 965. The summed E-state index contributed by atoms with van der Waals surface area (Å²) in [5, 5.41) is 0. The highest BCUT2D eigenvalue weighted by molar-refractivity contribution is 5.95. The molecule has 0 bridgehead atoms. The van der Waals surface area contributed by atoms with E-state index in [1.807, 2.05) is 60.7 Å². The molecule has 0 N–H and O–H groups in total. The van der Waals surface area contributed by atoms with Gasteiger partial charge in [-0.25, -0.2) is 9.69 Å². The summed E-state index contributed by atoms with van der Waals surface area (Å²) in [6.45, 7) is 0.265. The molecule has 5 rings (SSSR count). The van der Waals surface area contributed by atoms with Gasteiger partial charge < -0.3 is 9.47 Å². The first-order valence-electron chi connectivity index (χ1n) is 10.1. The maximum atomic E-state index is 13.1.